The molecule has 2 atom stereocenters. The number of hydrogen-bond acceptors (Lipinski definition) is 1. The summed E-state index contributed by atoms with van der Waals surface area (Å²) in [6.45, 7) is 6.42. The van der Waals surface area contributed by atoms with Gasteiger partial charge in [0.25, 0.3) is 0 Å². The highest BCUT2D eigenvalue weighted by Crippen LogP contribution is 2.24. The molecule has 0 saturated heterocycles. The van der Waals surface area contributed by atoms with Crippen LogP contribution < -0.4 is 0 Å². The van der Waals surface area contributed by atoms with Crippen LogP contribution in [0, 0.1) is 0 Å². The Kier molecular flexibility index (Phi) is 20.9. The zero-order valence-electron chi connectivity index (χ0n) is 17.7. The van der Waals surface area contributed by atoms with Crippen molar-refractivity contribution >= 4 is 11.8 Å². The van der Waals surface area contributed by atoms with Crippen LogP contribution in [0.3, 0.4) is 0 Å². The molecule has 151 valence electrons. The highest BCUT2D eigenvalue weighted by atomic mass is 32.2. The summed E-state index contributed by atoms with van der Waals surface area (Å²) in [6.07, 6.45) is 22.7. The molecule has 0 aliphatic rings. The Morgan fingerprint density at radius 1 is 0.600 bits per heavy atom. The Bertz CT molecular complexity index is 242. The topological polar surface area (TPSA) is 19.9 Å². The molecule has 0 amide bonds. The van der Waals surface area contributed by atoms with Gasteiger partial charge in [0.15, 0.2) is 0 Å². The van der Waals surface area contributed by atoms with Crippen LogP contribution in [-0.2, 0) is 5.11 Å². The highest BCUT2D eigenvalue weighted by Gasteiger charge is 2.16. The van der Waals surface area contributed by atoms with E-state index in [1.54, 1.807) is 0 Å². The van der Waals surface area contributed by atoms with Crippen LogP contribution >= 0.6 is 11.8 Å². The molecule has 25 heavy (non-hydrogen) atoms. The van der Waals surface area contributed by atoms with Crippen molar-refractivity contribution in [3.05, 3.63) is 0 Å². The van der Waals surface area contributed by atoms with E-state index in [1.165, 1.54) is 108 Å². The van der Waals surface area contributed by atoms with Crippen molar-refractivity contribution in [1.29, 1.82) is 0 Å². The maximum atomic E-state index is 11.9. The number of unbranched alkanes of at least 4 members (excludes halogenated alkanes) is 14. The van der Waals surface area contributed by atoms with Crippen molar-refractivity contribution in [3.63, 3.8) is 0 Å². The maximum Gasteiger partial charge on any atom is 0.102 e. The van der Waals surface area contributed by atoms with Gasteiger partial charge in [-0.05, 0) is 25.5 Å². The second kappa shape index (κ2) is 20.6. The molecular formula is C23H47OS. The first kappa shape index (κ1) is 25.3. The predicted octanol–water partition coefficient (Wildman–Crippen LogP) is 8.58. The van der Waals surface area contributed by atoms with Gasteiger partial charge in [0, 0.05) is 5.25 Å². The van der Waals surface area contributed by atoms with E-state index in [-0.39, 0.29) is 0 Å². The Morgan fingerprint density at radius 2 is 1.00 bits per heavy atom. The van der Waals surface area contributed by atoms with Crippen LogP contribution in [0.4, 0.5) is 0 Å². The van der Waals surface area contributed by atoms with Crippen LogP contribution in [-0.4, -0.2) is 17.1 Å². The average Bonchev–Trinajstić information content (AvgIpc) is 2.60. The minimum Gasteiger partial charge on any atom is -0.232 e. The van der Waals surface area contributed by atoms with Gasteiger partial charge in [0.2, 0.25) is 0 Å². The van der Waals surface area contributed by atoms with Crippen LogP contribution in [0.2, 0.25) is 0 Å². The molecule has 1 radical (unpaired) electrons. The zero-order valence-corrected chi connectivity index (χ0v) is 18.5. The molecular weight excluding hydrogens is 324 g/mol. The highest BCUT2D eigenvalue weighted by molar-refractivity contribution is 7.99. The Balaban J connectivity index is 3.45. The van der Waals surface area contributed by atoms with Gasteiger partial charge in [-0.15, -0.1) is 0 Å². The van der Waals surface area contributed by atoms with E-state index < -0.39 is 6.10 Å². The lowest BCUT2D eigenvalue weighted by Gasteiger charge is -2.18. The quantitative estimate of drug-likeness (QED) is 0.196. The van der Waals surface area contributed by atoms with E-state index in [1.807, 2.05) is 18.7 Å². The summed E-state index contributed by atoms with van der Waals surface area (Å²) in [7, 11) is 0. The Labute approximate surface area is 164 Å². The second-order valence-corrected chi connectivity index (χ2v) is 9.20. The van der Waals surface area contributed by atoms with Gasteiger partial charge in [0.05, 0.1) is 0 Å². The molecule has 2 heteroatoms. The number of rotatable bonds is 20. The van der Waals surface area contributed by atoms with Gasteiger partial charge in [0.1, 0.15) is 6.10 Å². The third-order valence-electron chi connectivity index (χ3n) is 5.20. The first-order valence-electron chi connectivity index (χ1n) is 11.5. The van der Waals surface area contributed by atoms with Crippen molar-refractivity contribution in [1.82, 2.24) is 0 Å². The fourth-order valence-corrected chi connectivity index (χ4v) is 4.68. The van der Waals surface area contributed by atoms with Gasteiger partial charge in [-0.2, -0.15) is 11.8 Å². The summed E-state index contributed by atoms with van der Waals surface area (Å²) in [6, 6.07) is 0. The molecule has 0 spiro atoms. The molecule has 0 N–H and O–H groups in total. The van der Waals surface area contributed by atoms with Gasteiger partial charge in [-0.3, -0.25) is 0 Å². The van der Waals surface area contributed by atoms with Crippen LogP contribution in [0.1, 0.15) is 130 Å². The fraction of sp³-hybridized carbons (Fsp3) is 1.00. The van der Waals surface area contributed by atoms with E-state index in [0.717, 1.165) is 6.42 Å². The molecule has 0 heterocycles. The monoisotopic (exact) mass is 371 g/mol. The summed E-state index contributed by atoms with van der Waals surface area (Å²) in [5.74, 6) is 1.20. The fourth-order valence-electron chi connectivity index (χ4n) is 3.40. The molecule has 0 saturated carbocycles. The maximum absolute atomic E-state index is 11.9. The smallest absolute Gasteiger partial charge is 0.102 e. The van der Waals surface area contributed by atoms with Gasteiger partial charge in [-0.25, -0.2) is 5.11 Å². The molecule has 0 aromatic carbocycles. The molecule has 0 bridgehead atoms. The third-order valence-corrected chi connectivity index (χ3v) is 6.77. The SMILES string of the molecule is CCCCCCCCCCCSC(CCCCCCCCC)C(C)[O]. The van der Waals surface area contributed by atoms with E-state index in [9.17, 15) is 5.11 Å². The third kappa shape index (κ3) is 18.9. The van der Waals surface area contributed by atoms with Crippen LogP contribution in [0.15, 0.2) is 0 Å². The zero-order chi connectivity index (χ0) is 18.6. The first-order chi connectivity index (χ1) is 12.2. The lowest BCUT2D eigenvalue weighted by atomic mass is 10.1. The first-order valence-corrected chi connectivity index (χ1v) is 12.5. The molecule has 0 aromatic heterocycles. The Morgan fingerprint density at radius 3 is 1.44 bits per heavy atom. The molecule has 0 rings (SSSR count). The molecule has 2 unspecified atom stereocenters. The summed E-state index contributed by atoms with van der Waals surface area (Å²) in [5.41, 5.74) is 0. The summed E-state index contributed by atoms with van der Waals surface area (Å²) in [5, 5.41) is 12.3. The van der Waals surface area contributed by atoms with E-state index in [4.69, 9.17) is 0 Å². The molecule has 0 aromatic rings. The van der Waals surface area contributed by atoms with E-state index >= 15 is 0 Å². The lowest BCUT2D eigenvalue weighted by molar-refractivity contribution is 0.100. The Hall–Kier alpha value is 0.310. The van der Waals surface area contributed by atoms with Crippen molar-refractivity contribution in [2.24, 2.45) is 0 Å². The lowest BCUT2D eigenvalue weighted by Crippen LogP contribution is -2.18. The second-order valence-electron chi connectivity index (χ2n) is 7.85. The molecule has 1 nitrogen and oxygen atoms in total. The molecule has 0 fully saturated rings. The number of thioether (sulfide) groups is 1. The van der Waals surface area contributed by atoms with Crippen LogP contribution in [0.5, 0.6) is 0 Å². The summed E-state index contributed by atoms with van der Waals surface area (Å²) < 4.78 is 0. The minimum absolute atomic E-state index is 0.352. The largest absolute Gasteiger partial charge is 0.232 e. The normalized spacial score (nSPS) is 13.9. The average molecular weight is 372 g/mol. The van der Waals surface area contributed by atoms with Gasteiger partial charge in [-0.1, -0.05) is 110 Å². The minimum atomic E-state index is -0.399. The van der Waals surface area contributed by atoms with Crippen molar-refractivity contribution in [2.75, 3.05) is 5.75 Å². The van der Waals surface area contributed by atoms with Crippen molar-refractivity contribution < 1.29 is 5.11 Å². The molecule has 0 aliphatic carbocycles. The van der Waals surface area contributed by atoms with Gasteiger partial charge < -0.3 is 0 Å². The van der Waals surface area contributed by atoms with E-state index in [0.29, 0.717) is 5.25 Å². The van der Waals surface area contributed by atoms with Crippen LogP contribution in [0.25, 0.3) is 0 Å². The standard InChI is InChI=1S/C23H47OS/c1-4-6-8-10-12-13-15-17-19-21-25-23(22(3)24)20-18-16-14-11-9-7-5-2/h22-23H,4-21H2,1-3H3. The summed E-state index contributed by atoms with van der Waals surface area (Å²) >= 11 is 1.96. The van der Waals surface area contributed by atoms with Crippen molar-refractivity contribution in [2.45, 2.75) is 141 Å². The number of hydrogen-bond donors (Lipinski definition) is 0. The van der Waals surface area contributed by atoms with Gasteiger partial charge >= 0.3 is 0 Å². The van der Waals surface area contributed by atoms with E-state index in [2.05, 4.69) is 13.8 Å². The predicted molar refractivity (Wildman–Crippen MR) is 116 cm³/mol. The molecule has 0 aliphatic heterocycles. The summed E-state index contributed by atoms with van der Waals surface area (Å²) in [4.78, 5) is 0. The van der Waals surface area contributed by atoms with Crippen molar-refractivity contribution in [3.8, 4) is 0 Å².